The monoisotopic (exact) mass is 275 g/mol. The van der Waals surface area contributed by atoms with Crippen molar-refractivity contribution in [1.82, 2.24) is 4.90 Å². The summed E-state index contributed by atoms with van der Waals surface area (Å²) < 4.78 is 0. The Balaban J connectivity index is 1.97. The van der Waals surface area contributed by atoms with E-state index in [1.807, 2.05) is 37.3 Å². The molecule has 0 aromatic heterocycles. The van der Waals surface area contributed by atoms with Crippen molar-refractivity contribution in [3.63, 3.8) is 0 Å². The third-order valence-corrected chi connectivity index (χ3v) is 4.23. The van der Waals surface area contributed by atoms with Gasteiger partial charge in [0.05, 0.1) is 11.8 Å². The van der Waals surface area contributed by atoms with Gasteiger partial charge in [-0.3, -0.25) is 9.59 Å². The molecule has 1 aromatic rings. The minimum Gasteiger partial charge on any atom is -0.481 e. The van der Waals surface area contributed by atoms with E-state index in [1.54, 1.807) is 11.8 Å². The van der Waals surface area contributed by atoms with Crippen LogP contribution in [-0.2, 0) is 9.59 Å². The van der Waals surface area contributed by atoms with Crippen LogP contribution in [0.25, 0.3) is 0 Å². The molecule has 1 saturated heterocycles. The van der Waals surface area contributed by atoms with Crippen molar-refractivity contribution in [2.24, 2.45) is 11.8 Å². The molecule has 1 N–H and O–H groups in total. The van der Waals surface area contributed by atoms with Gasteiger partial charge in [0, 0.05) is 19.0 Å². The molecule has 1 fully saturated rings. The molecule has 0 bridgehead atoms. The van der Waals surface area contributed by atoms with Crippen molar-refractivity contribution in [3.8, 4) is 0 Å². The van der Waals surface area contributed by atoms with Gasteiger partial charge in [0.2, 0.25) is 5.91 Å². The fourth-order valence-corrected chi connectivity index (χ4v) is 2.67. The van der Waals surface area contributed by atoms with E-state index in [9.17, 15) is 9.59 Å². The lowest BCUT2D eigenvalue weighted by molar-refractivity contribution is -0.151. The third kappa shape index (κ3) is 2.84. The number of likely N-dealkylation sites (tertiary alicyclic amines) is 1. The lowest BCUT2D eigenvalue weighted by atomic mass is 9.85. The molecule has 1 aromatic carbocycles. The SMILES string of the molecule is CCC(C(=O)N1CC(C(C)C(=O)O)C1)c1ccccc1. The molecule has 4 nitrogen and oxygen atoms in total. The predicted molar refractivity (Wildman–Crippen MR) is 76.3 cm³/mol. The van der Waals surface area contributed by atoms with Crippen molar-refractivity contribution < 1.29 is 14.7 Å². The number of carbonyl (C=O) groups excluding carboxylic acids is 1. The second-order valence-corrected chi connectivity index (χ2v) is 5.50. The van der Waals surface area contributed by atoms with Crippen molar-refractivity contribution in [1.29, 1.82) is 0 Å². The molecule has 0 aliphatic carbocycles. The van der Waals surface area contributed by atoms with Crippen molar-refractivity contribution in [3.05, 3.63) is 35.9 Å². The Kier molecular flexibility index (Phi) is 4.42. The Morgan fingerprint density at radius 3 is 2.40 bits per heavy atom. The fourth-order valence-electron chi connectivity index (χ4n) is 2.67. The highest BCUT2D eigenvalue weighted by molar-refractivity contribution is 5.84. The number of carbonyl (C=O) groups is 2. The first-order valence-corrected chi connectivity index (χ1v) is 7.11. The van der Waals surface area contributed by atoms with Gasteiger partial charge in [0.1, 0.15) is 0 Å². The first-order valence-electron chi connectivity index (χ1n) is 7.11. The van der Waals surface area contributed by atoms with Crippen LogP contribution in [0.15, 0.2) is 30.3 Å². The summed E-state index contributed by atoms with van der Waals surface area (Å²) in [6.07, 6.45) is 0.762. The standard InChI is InChI=1S/C16H21NO3/c1-3-14(12-7-5-4-6-8-12)15(18)17-9-13(10-17)11(2)16(19)20/h4-8,11,13-14H,3,9-10H2,1-2H3,(H,19,20). The van der Waals surface area contributed by atoms with Gasteiger partial charge in [-0.25, -0.2) is 0 Å². The Hall–Kier alpha value is -1.84. The quantitative estimate of drug-likeness (QED) is 0.897. The topological polar surface area (TPSA) is 57.6 Å². The largest absolute Gasteiger partial charge is 0.481 e. The molecule has 2 atom stereocenters. The smallest absolute Gasteiger partial charge is 0.306 e. The van der Waals surface area contributed by atoms with Crippen LogP contribution in [0.3, 0.4) is 0 Å². The highest BCUT2D eigenvalue weighted by atomic mass is 16.4. The molecule has 0 spiro atoms. The Morgan fingerprint density at radius 1 is 1.30 bits per heavy atom. The molecule has 1 amide bonds. The molecule has 2 unspecified atom stereocenters. The minimum atomic E-state index is -0.780. The molecule has 1 aliphatic heterocycles. The van der Waals surface area contributed by atoms with Crippen LogP contribution in [0, 0.1) is 11.8 Å². The summed E-state index contributed by atoms with van der Waals surface area (Å²) in [6, 6.07) is 9.77. The number of hydrogen-bond donors (Lipinski definition) is 1. The van der Waals surface area contributed by atoms with Gasteiger partial charge in [-0.1, -0.05) is 44.2 Å². The van der Waals surface area contributed by atoms with Crippen LogP contribution in [0.1, 0.15) is 31.7 Å². The lowest BCUT2D eigenvalue weighted by Crippen LogP contribution is -2.54. The number of carboxylic acid groups (broad SMARTS) is 1. The molecule has 20 heavy (non-hydrogen) atoms. The molecule has 1 aliphatic rings. The summed E-state index contributed by atoms with van der Waals surface area (Å²) in [5.41, 5.74) is 1.04. The molecular formula is C16H21NO3. The first-order chi connectivity index (χ1) is 9.54. The van der Waals surface area contributed by atoms with E-state index >= 15 is 0 Å². The van der Waals surface area contributed by atoms with Crippen molar-refractivity contribution >= 4 is 11.9 Å². The molecule has 108 valence electrons. The second-order valence-electron chi connectivity index (χ2n) is 5.50. The normalized spacial score (nSPS) is 18.2. The zero-order valence-electron chi connectivity index (χ0n) is 12.0. The predicted octanol–water partition coefficient (Wildman–Crippen LogP) is 2.36. The highest BCUT2D eigenvalue weighted by Gasteiger charge is 2.39. The number of carboxylic acids is 1. The van der Waals surface area contributed by atoms with E-state index in [-0.39, 0.29) is 23.7 Å². The van der Waals surface area contributed by atoms with Gasteiger partial charge in [0.15, 0.2) is 0 Å². The maximum atomic E-state index is 12.5. The molecule has 2 rings (SSSR count). The average Bonchev–Trinajstić information content (AvgIpc) is 2.39. The number of rotatable bonds is 5. The number of amides is 1. The van der Waals surface area contributed by atoms with Crippen LogP contribution in [0.2, 0.25) is 0 Å². The summed E-state index contributed by atoms with van der Waals surface area (Å²) in [6.45, 7) is 4.85. The lowest BCUT2D eigenvalue weighted by Gasteiger charge is -2.42. The van der Waals surface area contributed by atoms with Gasteiger partial charge in [-0.05, 0) is 12.0 Å². The van der Waals surface area contributed by atoms with Gasteiger partial charge >= 0.3 is 5.97 Å². The van der Waals surface area contributed by atoms with Gasteiger partial charge in [-0.2, -0.15) is 0 Å². The summed E-state index contributed by atoms with van der Waals surface area (Å²) in [5, 5.41) is 8.97. The zero-order chi connectivity index (χ0) is 14.7. The molecule has 0 radical (unpaired) electrons. The van der Waals surface area contributed by atoms with Crippen molar-refractivity contribution in [2.75, 3.05) is 13.1 Å². The third-order valence-electron chi connectivity index (χ3n) is 4.23. The highest BCUT2D eigenvalue weighted by Crippen LogP contribution is 2.29. The van der Waals surface area contributed by atoms with Crippen LogP contribution in [-0.4, -0.2) is 35.0 Å². The number of aliphatic carboxylic acids is 1. The van der Waals surface area contributed by atoms with E-state index in [1.165, 1.54) is 0 Å². The Bertz CT molecular complexity index is 480. The maximum Gasteiger partial charge on any atom is 0.306 e. The van der Waals surface area contributed by atoms with Crippen LogP contribution in [0.4, 0.5) is 0 Å². The first kappa shape index (κ1) is 14.6. The van der Waals surface area contributed by atoms with E-state index in [0.29, 0.717) is 13.1 Å². The Labute approximate surface area is 119 Å². The number of hydrogen-bond acceptors (Lipinski definition) is 2. The molecular weight excluding hydrogens is 254 g/mol. The maximum absolute atomic E-state index is 12.5. The second kappa shape index (κ2) is 6.07. The summed E-state index contributed by atoms with van der Waals surface area (Å²) in [7, 11) is 0. The minimum absolute atomic E-state index is 0.0877. The number of benzene rings is 1. The van der Waals surface area contributed by atoms with Gasteiger partial charge in [-0.15, -0.1) is 0 Å². The number of nitrogens with zero attached hydrogens (tertiary/aromatic N) is 1. The van der Waals surface area contributed by atoms with Gasteiger partial charge in [0.25, 0.3) is 0 Å². The summed E-state index contributed by atoms with van der Waals surface area (Å²) >= 11 is 0. The van der Waals surface area contributed by atoms with E-state index in [2.05, 4.69) is 0 Å². The Morgan fingerprint density at radius 2 is 1.90 bits per heavy atom. The van der Waals surface area contributed by atoms with E-state index in [4.69, 9.17) is 5.11 Å². The van der Waals surface area contributed by atoms with E-state index < -0.39 is 5.97 Å². The molecule has 0 saturated carbocycles. The zero-order valence-corrected chi connectivity index (χ0v) is 12.0. The fraction of sp³-hybridized carbons (Fsp3) is 0.500. The summed E-state index contributed by atoms with van der Waals surface area (Å²) in [4.78, 5) is 25.2. The molecule has 1 heterocycles. The summed E-state index contributed by atoms with van der Waals surface area (Å²) in [5.74, 6) is -1.07. The van der Waals surface area contributed by atoms with Crippen LogP contribution < -0.4 is 0 Å². The molecule has 4 heteroatoms. The van der Waals surface area contributed by atoms with E-state index in [0.717, 1.165) is 12.0 Å². The van der Waals surface area contributed by atoms with Crippen LogP contribution >= 0.6 is 0 Å². The van der Waals surface area contributed by atoms with Gasteiger partial charge < -0.3 is 10.0 Å². The van der Waals surface area contributed by atoms with Crippen molar-refractivity contribution in [2.45, 2.75) is 26.2 Å². The van der Waals surface area contributed by atoms with Crippen LogP contribution in [0.5, 0.6) is 0 Å². The average molecular weight is 275 g/mol.